The van der Waals surface area contributed by atoms with Gasteiger partial charge in [-0.15, -0.1) is 0 Å². The topological polar surface area (TPSA) is 139 Å². The molecule has 0 aliphatic carbocycles. The van der Waals surface area contributed by atoms with Gasteiger partial charge in [0.25, 0.3) is 0 Å². The number of rotatable bonds is 13. The van der Waals surface area contributed by atoms with Crippen LogP contribution in [-0.2, 0) is 17.7 Å². The van der Waals surface area contributed by atoms with Crippen LogP contribution < -0.4 is 21.5 Å². The lowest BCUT2D eigenvalue weighted by molar-refractivity contribution is 0.0567. The number of anilines is 3. The summed E-state index contributed by atoms with van der Waals surface area (Å²) < 4.78 is 5.86. The van der Waals surface area contributed by atoms with Gasteiger partial charge in [0, 0.05) is 54.6 Å². The number of carbonyl (C=O) groups is 1. The Bertz CT molecular complexity index is 2230. The summed E-state index contributed by atoms with van der Waals surface area (Å²) in [7, 11) is 0. The molecule has 5 aromatic carbocycles. The van der Waals surface area contributed by atoms with Crippen LogP contribution in [0.1, 0.15) is 35.6 Å². The number of aliphatic hydroxyl groups excluding tert-OH is 1. The molecule has 2 heterocycles. The highest BCUT2D eigenvalue weighted by Gasteiger charge is 2.23. The number of fused-ring (bicyclic) bond motifs is 1. The van der Waals surface area contributed by atoms with Crippen LogP contribution in [0, 0.1) is 0 Å². The number of aliphatic hydroxyl groups is 1. The van der Waals surface area contributed by atoms with Crippen molar-refractivity contribution < 1.29 is 19.7 Å². The van der Waals surface area contributed by atoms with Gasteiger partial charge in [-0.2, -0.15) is 0 Å². The number of piperidine rings is 1. The van der Waals surface area contributed by atoms with Gasteiger partial charge in [0.1, 0.15) is 11.9 Å². The Kier molecular flexibility index (Phi) is 11.6. The number of hydrogen-bond acceptors (Lipinski definition) is 8. The summed E-state index contributed by atoms with van der Waals surface area (Å²) in [6.07, 6.45) is 0.973. The molecular weight excluding hydrogens is 679 g/mol. The number of nitrogens with zero attached hydrogens (tertiary/aromatic N) is 1. The average molecular weight is 724 g/mol. The van der Waals surface area contributed by atoms with Gasteiger partial charge in [-0.25, -0.2) is 4.79 Å². The van der Waals surface area contributed by atoms with Crippen LogP contribution in [0.5, 0.6) is 5.75 Å². The van der Waals surface area contributed by atoms with E-state index < -0.39 is 12.2 Å². The molecule has 6 aromatic rings. The van der Waals surface area contributed by atoms with Crippen molar-refractivity contribution in [3.8, 4) is 16.9 Å². The fourth-order valence-corrected chi connectivity index (χ4v) is 7.00. The molecule has 10 nitrogen and oxygen atoms in total. The number of carbonyl (C=O) groups excluding carboxylic acids is 1. The minimum Gasteiger partial charge on any atom is -0.506 e. The number of benzene rings is 5. The number of aromatic amines is 1. The van der Waals surface area contributed by atoms with Gasteiger partial charge in [-0.05, 0) is 84.5 Å². The molecule has 1 aliphatic heterocycles. The second-order valence-corrected chi connectivity index (χ2v) is 13.7. The van der Waals surface area contributed by atoms with Crippen LogP contribution in [0.25, 0.3) is 22.0 Å². The molecular formula is C44H45N5O5. The summed E-state index contributed by atoms with van der Waals surface area (Å²) in [6.45, 7) is 3.46. The molecule has 0 saturated carbocycles. The van der Waals surface area contributed by atoms with Crippen molar-refractivity contribution in [2.75, 3.05) is 36.8 Å². The molecule has 1 aromatic heterocycles. The zero-order valence-corrected chi connectivity index (χ0v) is 30.0. The van der Waals surface area contributed by atoms with Crippen molar-refractivity contribution in [2.45, 2.75) is 38.0 Å². The molecule has 1 atom stereocenters. The van der Waals surface area contributed by atoms with Gasteiger partial charge in [-0.3, -0.25) is 15.0 Å². The molecule has 0 unspecified atom stereocenters. The first-order valence-electron chi connectivity index (χ1n) is 18.4. The third kappa shape index (κ3) is 9.16. The van der Waals surface area contributed by atoms with E-state index in [1.54, 1.807) is 12.1 Å². The van der Waals surface area contributed by atoms with Crippen molar-refractivity contribution >= 4 is 34.1 Å². The maximum absolute atomic E-state index is 12.9. The van der Waals surface area contributed by atoms with E-state index in [-0.39, 0.29) is 17.4 Å². The number of phenolic OH excluding ortho intramolecular Hbond substituents is 1. The van der Waals surface area contributed by atoms with Crippen LogP contribution in [0.3, 0.4) is 0 Å². The Morgan fingerprint density at radius 1 is 0.833 bits per heavy atom. The molecule has 1 amide bonds. The van der Waals surface area contributed by atoms with Crippen molar-refractivity contribution in [3.05, 3.63) is 154 Å². The minimum absolute atomic E-state index is 0.0272. The highest BCUT2D eigenvalue weighted by atomic mass is 16.6. The predicted octanol–water partition coefficient (Wildman–Crippen LogP) is 7.72. The van der Waals surface area contributed by atoms with Gasteiger partial charge < -0.3 is 30.6 Å². The number of amides is 1. The Hall–Kier alpha value is -5.94. The molecule has 7 rings (SSSR count). The number of aromatic nitrogens is 1. The molecule has 10 heteroatoms. The molecule has 6 N–H and O–H groups in total. The SMILES string of the molecule is O=C(Nc1ccccc1-c1ccccc1)OC1CCN(Cc2ccccc2Nc2ccc(CCNC[C@H](O)c3ccc(O)c4[nH]c(=O)ccc34)cc2)CC1. The number of phenols is 1. The number of para-hydroxylation sites is 2. The van der Waals surface area contributed by atoms with E-state index in [1.807, 2.05) is 60.7 Å². The first kappa shape index (κ1) is 36.4. The number of H-pyrrole nitrogens is 1. The molecule has 276 valence electrons. The summed E-state index contributed by atoms with van der Waals surface area (Å²) in [4.78, 5) is 29.6. The Morgan fingerprint density at radius 3 is 2.35 bits per heavy atom. The van der Waals surface area contributed by atoms with Crippen LogP contribution >= 0.6 is 0 Å². The zero-order chi connectivity index (χ0) is 37.3. The Labute approximate surface area is 314 Å². The van der Waals surface area contributed by atoms with Gasteiger partial charge >= 0.3 is 6.09 Å². The summed E-state index contributed by atoms with van der Waals surface area (Å²) in [5, 5.41) is 31.5. The maximum atomic E-state index is 12.9. The van der Waals surface area contributed by atoms with Crippen LogP contribution in [0.4, 0.5) is 21.9 Å². The normalized spacial score (nSPS) is 14.1. The fraction of sp³-hybridized carbons (Fsp3) is 0.227. The van der Waals surface area contributed by atoms with Crippen LogP contribution in [-0.4, -0.2) is 58.5 Å². The van der Waals surface area contributed by atoms with E-state index in [0.717, 1.165) is 67.1 Å². The number of ether oxygens (including phenoxy) is 1. The minimum atomic E-state index is -0.800. The lowest BCUT2D eigenvalue weighted by Gasteiger charge is -2.32. The number of pyridine rings is 1. The summed E-state index contributed by atoms with van der Waals surface area (Å²) >= 11 is 0. The third-order valence-electron chi connectivity index (χ3n) is 9.90. The van der Waals surface area contributed by atoms with Crippen LogP contribution in [0.2, 0.25) is 0 Å². The second kappa shape index (κ2) is 17.3. The predicted molar refractivity (Wildman–Crippen MR) is 214 cm³/mol. The van der Waals surface area contributed by atoms with Crippen molar-refractivity contribution in [1.82, 2.24) is 15.2 Å². The van der Waals surface area contributed by atoms with Crippen molar-refractivity contribution in [1.29, 1.82) is 0 Å². The monoisotopic (exact) mass is 723 g/mol. The lowest BCUT2D eigenvalue weighted by Crippen LogP contribution is -2.38. The first-order chi connectivity index (χ1) is 26.4. The molecule has 0 spiro atoms. The summed E-state index contributed by atoms with van der Waals surface area (Å²) in [5.74, 6) is -0.0272. The van der Waals surface area contributed by atoms with Gasteiger partial charge in [0.05, 0.1) is 17.3 Å². The molecule has 1 saturated heterocycles. The molecule has 1 fully saturated rings. The fourth-order valence-electron chi connectivity index (χ4n) is 7.00. The largest absolute Gasteiger partial charge is 0.506 e. The number of aromatic hydroxyl groups is 1. The summed E-state index contributed by atoms with van der Waals surface area (Å²) in [5.41, 5.74) is 7.81. The maximum Gasteiger partial charge on any atom is 0.411 e. The van der Waals surface area contributed by atoms with Gasteiger partial charge in [0.2, 0.25) is 5.56 Å². The van der Waals surface area contributed by atoms with Crippen molar-refractivity contribution in [2.24, 2.45) is 0 Å². The van der Waals surface area contributed by atoms with Gasteiger partial charge in [-0.1, -0.05) is 84.9 Å². The van der Waals surface area contributed by atoms with E-state index in [1.165, 1.54) is 23.3 Å². The number of likely N-dealkylation sites (tertiary alicyclic amines) is 1. The van der Waals surface area contributed by atoms with E-state index in [2.05, 4.69) is 68.3 Å². The first-order valence-corrected chi connectivity index (χ1v) is 18.4. The van der Waals surface area contributed by atoms with E-state index >= 15 is 0 Å². The smallest absolute Gasteiger partial charge is 0.411 e. The second-order valence-electron chi connectivity index (χ2n) is 13.7. The highest BCUT2D eigenvalue weighted by molar-refractivity contribution is 5.91. The molecule has 1 aliphatic rings. The quantitative estimate of drug-likeness (QED) is 0.0667. The molecule has 0 radical (unpaired) electrons. The van der Waals surface area contributed by atoms with E-state index in [9.17, 15) is 19.8 Å². The number of nitrogens with one attached hydrogen (secondary N) is 4. The van der Waals surface area contributed by atoms with Crippen molar-refractivity contribution in [3.63, 3.8) is 0 Å². The third-order valence-corrected chi connectivity index (χ3v) is 9.90. The van der Waals surface area contributed by atoms with Gasteiger partial charge in [0.15, 0.2) is 0 Å². The summed E-state index contributed by atoms with van der Waals surface area (Å²) in [6, 6.07) is 40.7. The van der Waals surface area contributed by atoms with Crippen LogP contribution in [0.15, 0.2) is 132 Å². The van der Waals surface area contributed by atoms with E-state index in [0.29, 0.717) is 29.6 Å². The van der Waals surface area contributed by atoms with E-state index in [4.69, 9.17) is 4.74 Å². The average Bonchev–Trinajstić information content (AvgIpc) is 3.19. The zero-order valence-electron chi connectivity index (χ0n) is 30.0. The Balaban J connectivity index is 0.857. The molecule has 54 heavy (non-hydrogen) atoms. The standard InChI is InChI=1S/C44H45N5O5/c50-40-20-18-36(37-19-21-42(52)48-43(37)40)41(51)28-45-25-22-30-14-16-33(17-15-30)46-38-12-6-4-10-32(38)29-49-26-23-34(24-27-49)54-44(53)47-39-13-7-5-11-35(39)31-8-2-1-3-9-31/h1-21,34,41,45-46,50-51H,22-29H2,(H,47,53)(H,48,52)/t41-/m0/s1. The highest BCUT2D eigenvalue weighted by Crippen LogP contribution is 2.30. The lowest BCUT2D eigenvalue weighted by atomic mass is 10.0. The Morgan fingerprint density at radius 2 is 1.56 bits per heavy atom. The number of hydrogen-bond donors (Lipinski definition) is 6. The molecule has 0 bridgehead atoms.